The molecule has 0 aromatic heterocycles. The van der Waals surface area contributed by atoms with Crippen LogP contribution in [0.4, 0.5) is 0 Å². The first-order chi connectivity index (χ1) is 10.2. The molecule has 22 heavy (non-hydrogen) atoms. The number of fused-ring (bicyclic) bond motifs is 5. The van der Waals surface area contributed by atoms with Crippen molar-refractivity contribution < 1.29 is 14.0 Å². The fraction of sp³-hybridized carbons (Fsp3) is 0.556. The zero-order chi connectivity index (χ0) is 15.9. The van der Waals surface area contributed by atoms with Crippen LogP contribution < -0.4 is 5.46 Å². The molecule has 0 spiro atoms. The van der Waals surface area contributed by atoms with Crippen LogP contribution in [0.25, 0.3) is 0 Å². The van der Waals surface area contributed by atoms with Gasteiger partial charge in [-0.05, 0) is 69.8 Å². The van der Waals surface area contributed by atoms with E-state index in [1.807, 2.05) is 0 Å². The molecule has 0 saturated carbocycles. The molecule has 1 fully saturated rings. The zero-order valence-electron chi connectivity index (χ0n) is 14.2. The van der Waals surface area contributed by atoms with Crippen molar-refractivity contribution in [1.82, 2.24) is 0 Å². The van der Waals surface area contributed by atoms with Crippen molar-refractivity contribution in [1.29, 1.82) is 0 Å². The lowest BCUT2D eigenvalue weighted by Crippen LogP contribution is -2.41. The van der Waals surface area contributed by atoms with Crippen LogP contribution in [0.2, 0.25) is 0 Å². The van der Waals surface area contributed by atoms with Crippen LogP contribution in [-0.4, -0.2) is 18.3 Å². The number of hydrogen-bond acceptors (Lipinski definition) is 3. The maximum absolute atomic E-state index is 6.28. The van der Waals surface area contributed by atoms with E-state index in [4.69, 9.17) is 14.0 Å². The summed E-state index contributed by atoms with van der Waals surface area (Å²) in [6, 6.07) is 4.43. The Balaban J connectivity index is 1.82. The number of hydrogen-bond donors (Lipinski definition) is 0. The van der Waals surface area contributed by atoms with E-state index in [1.165, 1.54) is 22.3 Å². The molecule has 0 N–H and O–H groups in total. The first-order valence-corrected chi connectivity index (χ1v) is 8.03. The molecule has 3 heterocycles. The Kier molecular flexibility index (Phi) is 2.80. The lowest BCUT2D eigenvalue weighted by atomic mass is 9.71. The van der Waals surface area contributed by atoms with E-state index < -0.39 is 0 Å². The number of aryl methyl sites for hydroxylation is 1. The second-order valence-corrected chi connectivity index (χ2v) is 7.79. The summed E-state index contributed by atoms with van der Waals surface area (Å²) in [5, 5.41) is 0. The molecule has 3 nitrogen and oxygen atoms in total. The first kappa shape index (κ1) is 14.5. The molecular weight excluding hydrogens is 275 g/mol. The van der Waals surface area contributed by atoms with Gasteiger partial charge >= 0.3 is 7.12 Å². The van der Waals surface area contributed by atoms with E-state index >= 15 is 0 Å². The van der Waals surface area contributed by atoms with Gasteiger partial charge in [0.25, 0.3) is 0 Å². The van der Waals surface area contributed by atoms with Gasteiger partial charge in [-0.25, -0.2) is 0 Å². The van der Waals surface area contributed by atoms with E-state index in [9.17, 15) is 0 Å². The lowest BCUT2D eigenvalue weighted by molar-refractivity contribution is 0.00578. The molecule has 3 aliphatic heterocycles. The summed E-state index contributed by atoms with van der Waals surface area (Å²) in [5.74, 6) is 0. The Labute approximate surface area is 132 Å². The van der Waals surface area contributed by atoms with Crippen molar-refractivity contribution >= 4 is 12.6 Å². The summed E-state index contributed by atoms with van der Waals surface area (Å²) in [5.41, 5.74) is 5.54. The molecule has 2 bridgehead atoms. The SMILES string of the molecule is CC1=CC2OC1c1c(B3OC(C)(C)C(C)(C)O3)cc(C)cc12. The average Bonchev–Trinajstić information content (AvgIpc) is 2.99. The fourth-order valence-electron chi connectivity index (χ4n) is 3.64. The third kappa shape index (κ3) is 1.81. The molecule has 116 valence electrons. The maximum Gasteiger partial charge on any atom is 0.495 e. The van der Waals surface area contributed by atoms with E-state index in [-0.39, 0.29) is 30.5 Å². The number of benzene rings is 1. The molecular formula is C18H23BO3. The minimum atomic E-state index is -0.325. The van der Waals surface area contributed by atoms with Crippen LogP contribution in [0.15, 0.2) is 23.8 Å². The van der Waals surface area contributed by atoms with Crippen molar-refractivity contribution in [2.45, 2.75) is 65.0 Å². The summed E-state index contributed by atoms with van der Waals surface area (Å²) in [7, 11) is -0.325. The molecule has 1 aromatic rings. The maximum atomic E-state index is 6.28. The smallest absolute Gasteiger partial charge is 0.399 e. The van der Waals surface area contributed by atoms with Gasteiger partial charge in [-0.1, -0.05) is 17.7 Å². The summed E-state index contributed by atoms with van der Waals surface area (Å²) in [6.45, 7) is 12.6. The highest BCUT2D eigenvalue weighted by atomic mass is 16.7. The number of ether oxygens (including phenoxy) is 1. The van der Waals surface area contributed by atoms with Gasteiger partial charge in [-0.15, -0.1) is 0 Å². The summed E-state index contributed by atoms with van der Waals surface area (Å²) >= 11 is 0. The van der Waals surface area contributed by atoms with Gasteiger partial charge in [-0.2, -0.15) is 0 Å². The van der Waals surface area contributed by atoms with Crippen molar-refractivity contribution in [2.75, 3.05) is 0 Å². The van der Waals surface area contributed by atoms with Gasteiger partial charge < -0.3 is 14.0 Å². The summed E-state index contributed by atoms with van der Waals surface area (Å²) in [6.07, 6.45) is 2.39. The third-order valence-electron chi connectivity index (χ3n) is 5.57. The monoisotopic (exact) mass is 298 g/mol. The van der Waals surface area contributed by atoms with Gasteiger partial charge in [0.2, 0.25) is 0 Å². The lowest BCUT2D eigenvalue weighted by Gasteiger charge is -2.32. The predicted molar refractivity (Wildman–Crippen MR) is 87.2 cm³/mol. The molecule has 0 radical (unpaired) electrons. The molecule has 4 heteroatoms. The molecule has 2 atom stereocenters. The average molecular weight is 298 g/mol. The molecule has 4 rings (SSSR count). The first-order valence-electron chi connectivity index (χ1n) is 8.03. The van der Waals surface area contributed by atoms with E-state index in [0.717, 1.165) is 5.46 Å². The van der Waals surface area contributed by atoms with Crippen LogP contribution in [0.5, 0.6) is 0 Å². The van der Waals surface area contributed by atoms with E-state index in [1.54, 1.807) is 0 Å². The Morgan fingerprint density at radius 3 is 2.27 bits per heavy atom. The number of rotatable bonds is 1. The Morgan fingerprint density at radius 2 is 1.64 bits per heavy atom. The highest BCUT2D eigenvalue weighted by molar-refractivity contribution is 6.62. The van der Waals surface area contributed by atoms with Crippen molar-refractivity contribution in [2.24, 2.45) is 0 Å². The minimum Gasteiger partial charge on any atom is -0.399 e. The highest BCUT2D eigenvalue weighted by Crippen LogP contribution is 2.50. The van der Waals surface area contributed by atoms with Crippen LogP contribution in [0.3, 0.4) is 0 Å². The van der Waals surface area contributed by atoms with Crippen LogP contribution in [-0.2, 0) is 14.0 Å². The largest absolute Gasteiger partial charge is 0.495 e. The van der Waals surface area contributed by atoms with Crippen LogP contribution >= 0.6 is 0 Å². The molecule has 0 aliphatic carbocycles. The highest BCUT2D eigenvalue weighted by Gasteiger charge is 2.53. The Bertz CT molecular complexity index is 674. The van der Waals surface area contributed by atoms with E-state index in [2.05, 4.69) is 59.8 Å². The Morgan fingerprint density at radius 1 is 1.00 bits per heavy atom. The fourth-order valence-corrected chi connectivity index (χ4v) is 3.64. The van der Waals surface area contributed by atoms with Gasteiger partial charge in [-0.3, -0.25) is 0 Å². The van der Waals surface area contributed by atoms with Gasteiger partial charge in [0.05, 0.1) is 11.2 Å². The molecule has 1 aromatic carbocycles. The van der Waals surface area contributed by atoms with Crippen LogP contribution in [0, 0.1) is 6.92 Å². The second kappa shape index (κ2) is 4.25. The van der Waals surface area contributed by atoms with Gasteiger partial charge in [0, 0.05) is 0 Å². The van der Waals surface area contributed by atoms with Gasteiger partial charge in [0.15, 0.2) is 0 Å². The minimum absolute atomic E-state index is 0.0645. The normalized spacial score (nSPS) is 30.6. The Hall–Kier alpha value is -1.10. The third-order valence-corrected chi connectivity index (χ3v) is 5.57. The second-order valence-electron chi connectivity index (χ2n) is 7.79. The van der Waals surface area contributed by atoms with Crippen molar-refractivity contribution in [3.8, 4) is 0 Å². The molecule has 2 unspecified atom stereocenters. The van der Waals surface area contributed by atoms with Crippen LogP contribution in [0.1, 0.15) is 63.5 Å². The van der Waals surface area contributed by atoms with E-state index in [0.29, 0.717) is 0 Å². The van der Waals surface area contributed by atoms with Crippen molar-refractivity contribution in [3.63, 3.8) is 0 Å². The molecule has 3 aliphatic rings. The van der Waals surface area contributed by atoms with Gasteiger partial charge in [0.1, 0.15) is 12.2 Å². The topological polar surface area (TPSA) is 27.7 Å². The quantitative estimate of drug-likeness (QED) is 0.588. The summed E-state index contributed by atoms with van der Waals surface area (Å²) in [4.78, 5) is 0. The predicted octanol–water partition coefficient (Wildman–Crippen LogP) is 3.37. The standard InChI is InChI=1S/C18H23BO3/c1-10-7-12-14-9-11(2)16(20-14)15(12)13(8-10)19-21-17(3,4)18(5,6)22-19/h7-9,14,16H,1-6H3. The zero-order valence-corrected chi connectivity index (χ0v) is 14.2. The summed E-state index contributed by atoms with van der Waals surface area (Å²) < 4.78 is 18.7. The van der Waals surface area contributed by atoms with Crippen molar-refractivity contribution in [3.05, 3.63) is 40.5 Å². The molecule has 0 amide bonds. The molecule has 1 saturated heterocycles.